The number of nitrogens with one attached hydrogen (secondary N) is 1. The van der Waals surface area contributed by atoms with Crippen LogP contribution in [0.1, 0.15) is 30.9 Å². The lowest BCUT2D eigenvalue weighted by molar-refractivity contribution is 0.198. The van der Waals surface area contributed by atoms with Gasteiger partial charge in [-0.3, -0.25) is 9.59 Å². The number of aromatic nitrogens is 2. The summed E-state index contributed by atoms with van der Waals surface area (Å²) in [6.45, 7) is 1.33. The molecule has 0 amide bonds. The molecule has 8 nitrogen and oxygen atoms in total. The lowest BCUT2D eigenvalue weighted by atomic mass is 10.0. The van der Waals surface area contributed by atoms with Gasteiger partial charge in [0.1, 0.15) is 28.7 Å². The minimum absolute atomic E-state index is 0. The van der Waals surface area contributed by atoms with E-state index in [2.05, 4.69) is 5.32 Å². The van der Waals surface area contributed by atoms with Crippen molar-refractivity contribution < 1.29 is 13.9 Å². The van der Waals surface area contributed by atoms with Crippen molar-refractivity contribution in [2.24, 2.45) is 0 Å². The van der Waals surface area contributed by atoms with Gasteiger partial charge < -0.3 is 24.6 Å². The first-order chi connectivity index (χ1) is 16.9. The molecule has 6 rings (SSSR count). The topological polar surface area (TPSA) is 90.2 Å². The fourth-order valence-corrected chi connectivity index (χ4v) is 5.25. The minimum atomic E-state index is -0.630. The Morgan fingerprint density at radius 2 is 1.92 bits per heavy atom. The monoisotopic (exact) mass is 515 g/mol. The molecule has 11 heteroatoms. The van der Waals surface area contributed by atoms with Gasteiger partial charge in [-0.1, -0.05) is 0 Å². The normalized spacial score (nSPS) is 19.9. The number of benzene rings is 1. The summed E-state index contributed by atoms with van der Waals surface area (Å²) in [6.07, 6.45) is 4.93. The van der Waals surface area contributed by atoms with Crippen LogP contribution in [-0.2, 0) is 0 Å². The van der Waals surface area contributed by atoms with E-state index in [1.807, 2.05) is 23.2 Å². The molecular weight excluding hydrogens is 492 g/mol. The molecule has 2 aromatic heterocycles. The highest BCUT2D eigenvalue weighted by atomic mass is 35.5. The average molecular weight is 516 g/mol. The third-order valence-corrected chi connectivity index (χ3v) is 6.95. The summed E-state index contributed by atoms with van der Waals surface area (Å²) in [5, 5.41) is 13.0. The first-order valence-electron chi connectivity index (χ1n) is 11.6. The second kappa shape index (κ2) is 9.18. The van der Waals surface area contributed by atoms with Crippen LogP contribution in [0.2, 0.25) is 0 Å². The number of halogens is 3. The lowest BCUT2D eigenvalue weighted by Gasteiger charge is -2.29. The van der Waals surface area contributed by atoms with E-state index in [-0.39, 0.29) is 35.9 Å². The number of nitrogens with zero attached hydrogens (tertiary/aromatic N) is 4. The third-order valence-electron chi connectivity index (χ3n) is 6.95. The number of anilines is 4. The van der Waals surface area contributed by atoms with E-state index in [1.165, 1.54) is 6.07 Å². The Hall–Kier alpha value is -3.50. The summed E-state index contributed by atoms with van der Waals surface area (Å²) >= 11 is 0. The zero-order valence-electron chi connectivity index (χ0n) is 19.2. The predicted molar refractivity (Wildman–Crippen MR) is 136 cm³/mol. The number of aliphatic hydroxyl groups excluding tert-OH is 1. The van der Waals surface area contributed by atoms with Crippen molar-refractivity contribution in [3.05, 3.63) is 80.4 Å². The molecule has 0 aliphatic carbocycles. The molecule has 2 saturated heterocycles. The first kappa shape index (κ1) is 24.2. The van der Waals surface area contributed by atoms with Crippen molar-refractivity contribution in [2.75, 3.05) is 34.8 Å². The van der Waals surface area contributed by atoms with Crippen LogP contribution >= 0.6 is 12.4 Å². The molecule has 0 saturated carbocycles. The number of fused-ring (bicyclic) bond motifs is 1. The van der Waals surface area contributed by atoms with Gasteiger partial charge in [0.2, 0.25) is 0 Å². The van der Waals surface area contributed by atoms with Crippen LogP contribution in [-0.4, -0.2) is 40.2 Å². The Kier molecular flexibility index (Phi) is 6.17. The van der Waals surface area contributed by atoms with E-state index >= 15 is 0 Å². The summed E-state index contributed by atoms with van der Waals surface area (Å²) in [6, 6.07) is 6.67. The van der Waals surface area contributed by atoms with E-state index in [9.17, 15) is 23.5 Å². The molecular formula is C25H24ClF2N5O3. The highest BCUT2D eigenvalue weighted by molar-refractivity contribution is 5.85. The van der Waals surface area contributed by atoms with Crippen LogP contribution in [0, 0.1) is 11.6 Å². The molecule has 0 spiro atoms. The highest BCUT2D eigenvalue weighted by Crippen LogP contribution is 2.41. The Morgan fingerprint density at radius 1 is 1.08 bits per heavy atom. The Balaban J connectivity index is 0.00000267. The number of hydrogen-bond donors (Lipinski definition) is 2. The second-order valence-electron chi connectivity index (χ2n) is 9.16. The van der Waals surface area contributed by atoms with Crippen LogP contribution < -0.4 is 26.0 Å². The van der Waals surface area contributed by atoms with Gasteiger partial charge in [-0.05, 0) is 49.6 Å². The molecule has 4 aromatic rings. The fraction of sp³-hybridized carbons (Fsp3) is 0.320. The SMILES string of the molecule is Cl.O=c1c(Nc2cn3cccc3nc2N2CCC[C@@H]2c2cc(F)ccc2F)c(N2CC[C@H](O)C2)c1=O. The molecule has 0 unspecified atom stereocenters. The van der Waals surface area contributed by atoms with Crippen molar-refractivity contribution in [1.82, 2.24) is 9.38 Å². The van der Waals surface area contributed by atoms with E-state index in [4.69, 9.17) is 4.98 Å². The summed E-state index contributed by atoms with van der Waals surface area (Å²) in [4.78, 5) is 33.3. The van der Waals surface area contributed by atoms with Crippen LogP contribution in [0.25, 0.3) is 5.65 Å². The summed E-state index contributed by atoms with van der Waals surface area (Å²) in [5.41, 5.74) is 0.597. The van der Waals surface area contributed by atoms with Crippen LogP contribution in [0.3, 0.4) is 0 Å². The molecule has 2 atom stereocenters. The standard InChI is InChI=1S/C25H23F2N5O3.ClH/c26-14-5-6-17(27)16(11-14)19-3-1-9-32(19)25-18(13-30-8-2-4-20(30)29-25)28-21-22(24(35)23(21)34)31-10-7-15(33)12-31;/h2,4-6,8,11,13,15,19,28,33H,1,3,7,9-10,12H2;1H/t15-,19+;/m0./s1. The van der Waals surface area contributed by atoms with E-state index in [0.29, 0.717) is 43.1 Å². The zero-order chi connectivity index (χ0) is 24.3. The number of aliphatic hydroxyl groups is 1. The van der Waals surface area contributed by atoms with Crippen LogP contribution in [0.15, 0.2) is 52.3 Å². The maximum Gasteiger partial charge on any atom is 0.253 e. The van der Waals surface area contributed by atoms with E-state index in [1.54, 1.807) is 15.5 Å². The van der Waals surface area contributed by atoms with Gasteiger partial charge in [0.25, 0.3) is 10.9 Å². The molecule has 0 radical (unpaired) electrons. The van der Waals surface area contributed by atoms with Gasteiger partial charge in [-0.25, -0.2) is 13.8 Å². The molecule has 36 heavy (non-hydrogen) atoms. The quantitative estimate of drug-likeness (QED) is 0.394. The lowest BCUT2D eigenvalue weighted by Crippen LogP contribution is -2.41. The van der Waals surface area contributed by atoms with Crippen molar-refractivity contribution in [3.8, 4) is 0 Å². The van der Waals surface area contributed by atoms with Crippen LogP contribution in [0.4, 0.5) is 31.7 Å². The van der Waals surface area contributed by atoms with Crippen molar-refractivity contribution >= 4 is 40.9 Å². The minimum Gasteiger partial charge on any atom is -0.391 e. The highest BCUT2D eigenvalue weighted by Gasteiger charge is 2.34. The Labute approximate surface area is 210 Å². The molecule has 188 valence electrons. The first-order valence-corrected chi connectivity index (χ1v) is 11.6. The molecule has 2 N–H and O–H groups in total. The van der Waals surface area contributed by atoms with Crippen molar-refractivity contribution in [2.45, 2.75) is 31.4 Å². The number of β-amino-alcohol motifs (C(OH)–C–C–N with tert-alkyl or cyclic N) is 1. The summed E-state index contributed by atoms with van der Waals surface area (Å²) < 4.78 is 30.5. The molecule has 2 aliphatic rings. The predicted octanol–water partition coefficient (Wildman–Crippen LogP) is 3.29. The molecule has 2 aliphatic heterocycles. The average Bonchev–Trinajstić information content (AvgIpc) is 3.60. The van der Waals surface area contributed by atoms with E-state index < -0.39 is 34.6 Å². The second-order valence-corrected chi connectivity index (χ2v) is 9.16. The molecule has 4 heterocycles. The summed E-state index contributed by atoms with van der Waals surface area (Å²) in [5.74, 6) is -0.510. The van der Waals surface area contributed by atoms with Crippen LogP contribution in [0.5, 0.6) is 0 Å². The Morgan fingerprint density at radius 3 is 2.69 bits per heavy atom. The van der Waals surface area contributed by atoms with Gasteiger partial charge in [0.15, 0.2) is 5.82 Å². The number of hydrogen-bond acceptors (Lipinski definition) is 7. The summed E-state index contributed by atoms with van der Waals surface area (Å²) in [7, 11) is 0. The molecule has 2 fully saturated rings. The maximum atomic E-state index is 14.7. The molecule has 0 bridgehead atoms. The number of rotatable bonds is 5. The maximum absolute atomic E-state index is 14.7. The third kappa shape index (κ3) is 3.90. The Bertz CT molecular complexity index is 1520. The van der Waals surface area contributed by atoms with Gasteiger partial charge in [0, 0.05) is 37.6 Å². The van der Waals surface area contributed by atoms with Crippen molar-refractivity contribution in [1.29, 1.82) is 0 Å². The zero-order valence-corrected chi connectivity index (χ0v) is 20.0. The smallest absolute Gasteiger partial charge is 0.253 e. The van der Waals surface area contributed by atoms with Gasteiger partial charge in [-0.15, -0.1) is 12.4 Å². The van der Waals surface area contributed by atoms with Gasteiger partial charge >= 0.3 is 0 Å². The van der Waals surface area contributed by atoms with Crippen molar-refractivity contribution in [3.63, 3.8) is 0 Å². The molecule has 2 aromatic carbocycles. The largest absolute Gasteiger partial charge is 0.391 e. The van der Waals surface area contributed by atoms with Gasteiger partial charge in [0.05, 0.1) is 17.8 Å². The van der Waals surface area contributed by atoms with E-state index in [0.717, 1.165) is 18.6 Å². The van der Waals surface area contributed by atoms with Gasteiger partial charge in [-0.2, -0.15) is 0 Å². The fourth-order valence-electron chi connectivity index (χ4n) is 5.25.